The van der Waals surface area contributed by atoms with Crippen molar-refractivity contribution in [2.45, 2.75) is 32.6 Å². The predicted molar refractivity (Wildman–Crippen MR) is 88.7 cm³/mol. The average molecular weight is 319 g/mol. The molecule has 2 rings (SSSR count). The number of phenols is 1. The molecule has 2 N–H and O–H groups in total. The number of benzene rings is 2. The van der Waals surface area contributed by atoms with Crippen molar-refractivity contribution in [1.29, 1.82) is 0 Å². The van der Waals surface area contributed by atoms with E-state index in [0.29, 0.717) is 11.1 Å². The second-order valence-electron chi connectivity index (χ2n) is 5.28. The summed E-state index contributed by atoms with van der Waals surface area (Å²) in [6, 6.07) is 10.4. The number of phenolic OH excluding ortho intramolecular Hbond substituents is 1. The van der Waals surface area contributed by atoms with E-state index in [4.69, 9.17) is 16.7 Å². The Bertz CT molecular complexity index is 663. The van der Waals surface area contributed by atoms with Gasteiger partial charge in [0.15, 0.2) is 0 Å². The van der Waals surface area contributed by atoms with Gasteiger partial charge in [-0.15, -0.1) is 0 Å². The summed E-state index contributed by atoms with van der Waals surface area (Å²) >= 11 is 6.14. The maximum Gasteiger partial charge on any atom is 0.337 e. The molecule has 0 aliphatic heterocycles. The highest BCUT2D eigenvalue weighted by Crippen LogP contribution is 2.38. The van der Waals surface area contributed by atoms with Crippen LogP contribution in [0.3, 0.4) is 0 Å². The zero-order valence-electron chi connectivity index (χ0n) is 12.5. The van der Waals surface area contributed by atoms with E-state index in [0.717, 1.165) is 12.8 Å². The molecule has 0 saturated heterocycles. The highest BCUT2D eigenvalue weighted by atomic mass is 35.5. The fraction of sp³-hybridized carbons (Fsp3) is 0.278. The van der Waals surface area contributed by atoms with Crippen molar-refractivity contribution in [3.8, 4) is 16.9 Å². The third-order valence-electron chi connectivity index (χ3n) is 3.66. The highest BCUT2D eigenvalue weighted by molar-refractivity contribution is 6.36. The van der Waals surface area contributed by atoms with E-state index in [1.165, 1.54) is 30.5 Å². The number of unbranched alkanes of at least 4 members (excludes halogenated alkanes) is 2. The molecule has 3 nitrogen and oxygen atoms in total. The number of carboxylic acid groups (broad SMARTS) is 1. The Labute approximate surface area is 135 Å². The summed E-state index contributed by atoms with van der Waals surface area (Å²) in [6.45, 7) is 2.17. The number of halogens is 1. The number of aromatic hydroxyl groups is 1. The van der Waals surface area contributed by atoms with Gasteiger partial charge in [-0.1, -0.05) is 55.6 Å². The molecular weight excluding hydrogens is 300 g/mol. The molecule has 0 bridgehead atoms. The summed E-state index contributed by atoms with van der Waals surface area (Å²) in [6.07, 6.45) is 4.55. The van der Waals surface area contributed by atoms with Crippen LogP contribution in [0.5, 0.6) is 5.75 Å². The quantitative estimate of drug-likeness (QED) is 0.725. The molecule has 0 unspecified atom stereocenters. The van der Waals surface area contributed by atoms with E-state index in [1.54, 1.807) is 0 Å². The van der Waals surface area contributed by atoms with Crippen molar-refractivity contribution < 1.29 is 15.0 Å². The Morgan fingerprint density at radius 3 is 2.36 bits per heavy atom. The first-order valence-corrected chi connectivity index (χ1v) is 7.76. The highest BCUT2D eigenvalue weighted by Gasteiger charge is 2.17. The largest absolute Gasteiger partial charge is 0.507 e. The predicted octanol–water partition coefficient (Wildman–Crippen LogP) is 5.14. The topological polar surface area (TPSA) is 57.5 Å². The second kappa shape index (κ2) is 7.32. The Balaban J connectivity index is 2.32. The Morgan fingerprint density at radius 1 is 1.09 bits per heavy atom. The molecule has 116 valence electrons. The number of aryl methyl sites for hydroxylation is 1. The summed E-state index contributed by atoms with van der Waals surface area (Å²) in [7, 11) is 0. The number of hydrogen-bond acceptors (Lipinski definition) is 2. The number of aromatic carboxylic acids is 1. The second-order valence-corrected chi connectivity index (χ2v) is 5.66. The van der Waals surface area contributed by atoms with Crippen molar-refractivity contribution in [2.75, 3.05) is 0 Å². The van der Waals surface area contributed by atoms with Crippen molar-refractivity contribution >= 4 is 17.6 Å². The normalized spacial score (nSPS) is 10.6. The third-order valence-corrected chi connectivity index (χ3v) is 4.05. The van der Waals surface area contributed by atoms with Gasteiger partial charge in [0.05, 0.1) is 10.6 Å². The summed E-state index contributed by atoms with van der Waals surface area (Å²) in [5, 5.41) is 19.2. The summed E-state index contributed by atoms with van der Waals surface area (Å²) < 4.78 is 0. The van der Waals surface area contributed by atoms with E-state index in [1.807, 2.05) is 24.3 Å². The third kappa shape index (κ3) is 3.60. The maximum absolute atomic E-state index is 11.2. The monoisotopic (exact) mass is 318 g/mol. The Hall–Kier alpha value is -2.00. The van der Waals surface area contributed by atoms with E-state index in [-0.39, 0.29) is 16.3 Å². The molecule has 0 spiro atoms. The van der Waals surface area contributed by atoms with Crippen molar-refractivity contribution in [2.24, 2.45) is 0 Å². The lowest BCUT2D eigenvalue weighted by atomic mass is 9.99. The van der Waals surface area contributed by atoms with Crippen molar-refractivity contribution in [1.82, 2.24) is 0 Å². The molecule has 0 atom stereocenters. The van der Waals surface area contributed by atoms with Gasteiger partial charge in [-0.05, 0) is 36.1 Å². The molecule has 4 heteroatoms. The molecule has 2 aromatic rings. The average Bonchev–Trinajstić information content (AvgIpc) is 2.48. The van der Waals surface area contributed by atoms with Crippen LogP contribution in [0.2, 0.25) is 5.02 Å². The van der Waals surface area contributed by atoms with Gasteiger partial charge in [0, 0.05) is 5.56 Å². The molecular formula is C18H19ClO3. The van der Waals surface area contributed by atoms with E-state index >= 15 is 0 Å². The van der Waals surface area contributed by atoms with Gasteiger partial charge in [0.25, 0.3) is 0 Å². The van der Waals surface area contributed by atoms with Crippen LogP contribution in [0.25, 0.3) is 11.1 Å². The fourth-order valence-corrected chi connectivity index (χ4v) is 2.77. The minimum Gasteiger partial charge on any atom is -0.507 e. The summed E-state index contributed by atoms with van der Waals surface area (Å²) in [5.74, 6) is -1.13. The van der Waals surface area contributed by atoms with Crippen molar-refractivity contribution in [3.05, 3.63) is 52.5 Å². The van der Waals surface area contributed by atoms with Crippen LogP contribution in [0.4, 0.5) is 0 Å². The van der Waals surface area contributed by atoms with Gasteiger partial charge < -0.3 is 10.2 Å². The lowest BCUT2D eigenvalue weighted by Crippen LogP contribution is -1.98. The van der Waals surface area contributed by atoms with E-state index in [2.05, 4.69) is 6.92 Å². The maximum atomic E-state index is 11.2. The van der Waals surface area contributed by atoms with Gasteiger partial charge in [-0.25, -0.2) is 4.79 Å². The first-order valence-electron chi connectivity index (χ1n) is 7.38. The minimum absolute atomic E-state index is 0.0125. The smallest absolute Gasteiger partial charge is 0.337 e. The SMILES string of the molecule is CCCCCc1ccc(-c2c(O)ccc(C(=O)O)c2Cl)cc1. The standard InChI is InChI=1S/C18H19ClO3/c1-2-3-4-5-12-6-8-13(9-7-12)16-15(20)11-10-14(17(16)19)18(21)22/h6-11,20H,2-5H2,1H3,(H,21,22). The van der Waals surface area contributed by atoms with Crippen LogP contribution in [-0.4, -0.2) is 16.2 Å². The molecule has 0 radical (unpaired) electrons. The first-order chi connectivity index (χ1) is 10.5. The summed E-state index contributed by atoms with van der Waals surface area (Å²) in [5.41, 5.74) is 2.29. The number of rotatable bonds is 6. The Morgan fingerprint density at radius 2 is 1.77 bits per heavy atom. The van der Waals surface area contributed by atoms with Gasteiger partial charge in [-0.3, -0.25) is 0 Å². The van der Waals surface area contributed by atoms with E-state index < -0.39 is 5.97 Å². The molecule has 0 heterocycles. The number of hydrogen-bond donors (Lipinski definition) is 2. The molecule has 2 aromatic carbocycles. The molecule has 0 amide bonds. The lowest BCUT2D eigenvalue weighted by molar-refractivity contribution is 0.0697. The first kappa shape index (κ1) is 16.4. The molecule has 22 heavy (non-hydrogen) atoms. The fourth-order valence-electron chi connectivity index (χ4n) is 2.42. The van der Waals surface area contributed by atoms with Gasteiger partial charge >= 0.3 is 5.97 Å². The van der Waals surface area contributed by atoms with E-state index in [9.17, 15) is 9.90 Å². The molecule has 0 aromatic heterocycles. The number of carbonyl (C=O) groups is 1. The van der Waals surface area contributed by atoms with Crippen LogP contribution in [0, 0.1) is 0 Å². The molecule has 0 fully saturated rings. The lowest BCUT2D eigenvalue weighted by Gasteiger charge is -2.10. The van der Waals surface area contributed by atoms with Gasteiger partial charge in [0.2, 0.25) is 0 Å². The van der Waals surface area contributed by atoms with Crippen molar-refractivity contribution in [3.63, 3.8) is 0 Å². The van der Waals surface area contributed by atoms with Crippen LogP contribution in [-0.2, 0) is 6.42 Å². The zero-order chi connectivity index (χ0) is 16.1. The van der Waals surface area contributed by atoms with Gasteiger partial charge in [-0.2, -0.15) is 0 Å². The van der Waals surface area contributed by atoms with Crippen LogP contribution < -0.4 is 0 Å². The summed E-state index contributed by atoms with van der Waals surface area (Å²) in [4.78, 5) is 11.2. The van der Waals surface area contributed by atoms with Gasteiger partial charge in [0.1, 0.15) is 5.75 Å². The van der Waals surface area contributed by atoms with Crippen LogP contribution >= 0.6 is 11.6 Å². The number of carboxylic acids is 1. The Kier molecular flexibility index (Phi) is 5.45. The molecule has 0 saturated carbocycles. The van der Waals surface area contributed by atoms with Crippen LogP contribution in [0.1, 0.15) is 42.1 Å². The minimum atomic E-state index is -1.11. The molecule has 0 aliphatic rings. The van der Waals surface area contributed by atoms with Crippen LogP contribution in [0.15, 0.2) is 36.4 Å². The zero-order valence-corrected chi connectivity index (χ0v) is 13.2. The molecule has 0 aliphatic carbocycles.